The molecule has 6 N–H and O–H groups in total. The molecule has 3 aromatic carbocycles. The maximum absolute atomic E-state index is 14.1. The summed E-state index contributed by atoms with van der Waals surface area (Å²) in [5.74, 6) is 8.88. The van der Waals surface area contributed by atoms with Crippen molar-refractivity contribution in [2.24, 2.45) is 33.2 Å². The Morgan fingerprint density at radius 2 is 1.75 bits per heavy atom. The van der Waals surface area contributed by atoms with Gasteiger partial charge in [-0.2, -0.15) is 0 Å². The van der Waals surface area contributed by atoms with E-state index in [1.165, 1.54) is 32.1 Å². The van der Waals surface area contributed by atoms with Gasteiger partial charge in [-0.1, -0.05) is 83.5 Å². The van der Waals surface area contributed by atoms with E-state index >= 15 is 0 Å². The van der Waals surface area contributed by atoms with Crippen LogP contribution in [0.3, 0.4) is 0 Å². The number of ether oxygens (including phenoxy) is 1. The summed E-state index contributed by atoms with van der Waals surface area (Å²) < 4.78 is 6.16. The third-order valence-corrected chi connectivity index (χ3v) is 16.3. The van der Waals surface area contributed by atoms with Gasteiger partial charge in [0.05, 0.1) is 24.9 Å². The molecule has 5 aliphatic rings. The smallest absolute Gasteiger partial charge is 0.161 e. The lowest BCUT2D eigenvalue weighted by Gasteiger charge is -2.32. The molecule has 0 radical (unpaired) electrons. The highest BCUT2D eigenvalue weighted by Gasteiger charge is 2.40. The van der Waals surface area contributed by atoms with E-state index in [0.717, 1.165) is 64.8 Å². The van der Waals surface area contributed by atoms with Gasteiger partial charge in [0.1, 0.15) is 5.75 Å². The number of benzene rings is 3. The van der Waals surface area contributed by atoms with Crippen LogP contribution in [-0.4, -0.2) is 34.1 Å². The van der Waals surface area contributed by atoms with Gasteiger partial charge in [0, 0.05) is 47.6 Å². The molecule has 3 aliphatic carbocycles. The van der Waals surface area contributed by atoms with Crippen LogP contribution in [-0.2, 0) is 23.4 Å². The van der Waals surface area contributed by atoms with E-state index in [1.807, 2.05) is 47.2 Å². The lowest BCUT2D eigenvalue weighted by atomic mass is 9.73. The van der Waals surface area contributed by atoms with Gasteiger partial charge in [0.2, 0.25) is 0 Å². The molecule has 0 aromatic heterocycles. The van der Waals surface area contributed by atoms with Crippen LogP contribution < -0.4 is 21.3 Å². The Labute approximate surface area is 368 Å². The quantitative estimate of drug-likeness (QED) is 0.114. The summed E-state index contributed by atoms with van der Waals surface area (Å²) in [6.07, 6.45) is 19.5. The van der Waals surface area contributed by atoms with Crippen molar-refractivity contribution in [3.63, 3.8) is 0 Å². The second-order valence-corrected chi connectivity index (χ2v) is 20.8. The first-order valence-corrected chi connectivity index (χ1v) is 24.5. The molecular formula is C51H58N3O5S2-. The average Bonchev–Trinajstić information content (AvgIpc) is 4.01. The average molecular weight is 857 g/mol. The fourth-order valence-corrected chi connectivity index (χ4v) is 12.6. The molecule has 320 valence electrons. The molecule has 0 saturated heterocycles. The molecule has 3 aromatic rings. The van der Waals surface area contributed by atoms with Crippen molar-refractivity contribution in [3.8, 4) is 29.1 Å². The topological polar surface area (TPSA) is 154 Å². The van der Waals surface area contributed by atoms with Crippen molar-refractivity contribution >= 4 is 33.1 Å². The Morgan fingerprint density at radius 3 is 2.57 bits per heavy atom. The highest BCUT2D eigenvalue weighted by Crippen LogP contribution is 2.52. The van der Waals surface area contributed by atoms with Crippen LogP contribution in [0.15, 0.2) is 89.3 Å². The van der Waals surface area contributed by atoms with Gasteiger partial charge >= 0.3 is 0 Å². The van der Waals surface area contributed by atoms with Crippen LogP contribution >= 0.6 is 21.6 Å². The van der Waals surface area contributed by atoms with Gasteiger partial charge in [-0.15, -0.1) is 5.76 Å². The summed E-state index contributed by atoms with van der Waals surface area (Å²) >= 11 is 0. The fraction of sp³-hybridized carbons (Fsp3) is 0.451. The van der Waals surface area contributed by atoms with Gasteiger partial charge in [0.25, 0.3) is 0 Å². The fourth-order valence-electron chi connectivity index (χ4n) is 10.1. The number of hydrogen-bond acceptors (Lipinski definition) is 10. The van der Waals surface area contributed by atoms with Gasteiger partial charge < -0.3 is 31.5 Å². The molecule has 2 aliphatic heterocycles. The van der Waals surface area contributed by atoms with Gasteiger partial charge in [0.15, 0.2) is 17.3 Å². The number of phenolic OH excluding ortho intramolecular Hbond substituents is 2. The molecule has 2 saturated carbocycles. The third kappa shape index (κ3) is 10.3. The number of ketones is 1. The molecule has 8 nitrogen and oxygen atoms in total. The van der Waals surface area contributed by atoms with E-state index in [9.17, 15) is 20.1 Å². The number of allylic oxidation sites excluding steroid dienone is 5. The number of carbonyl (C=O) groups excluding carboxylic acids is 1. The van der Waals surface area contributed by atoms with E-state index in [-0.39, 0.29) is 41.5 Å². The van der Waals surface area contributed by atoms with Crippen molar-refractivity contribution in [2.45, 2.75) is 115 Å². The number of fused-ring (bicyclic) bond motifs is 9. The van der Waals surface area contributed by atoms with E-state index in [1.54, 1.807) is 35.2 Å². The van der Waals surface area contributed by atoms with Crippen molar-refractivity contribution in [3.05, 3.63) is 123 Å². The summed E-state index contributed by atoms with van der Waals surface area (Å²) in [6.45, 7) is 2.72. The van der Waals surface area contributed by atoms with Gasteiger partial charge in [-0.3, -0.25) is 9.79 Å². The maximum atomic E-state index is 14.1. The molecular weight excluding hydrogens is 799 g/mol. The van der Waals surface area contributed by atoms with E-state index in [2.05, 4.69) is 35.9 Å². The number of rotatable bonds is 4. The van der Waals surface area contributed by atoms with Crippen LogP contribution in [0, 0.1) is 28.6 Å². The standard InChI is InChI=1S/C51H59N3O5S2/c1-50(17-2-3-18-50)21-22-51-19-13-35(30-51)31-60-61-32-37-28-40-36(27-41(37)49(52)53)5-4-6-44-39(15-23-54-44)47(58)29-42(40)43-25-34(8-11-45(43)56)16-24-59-48-26-33(9-12-46(48)57)7-10-38(55)14-20-51/h8-9,11-12,14-15,20,23,25-28,35,42,49,56-58H,2-3,6-7,10,13,16-19,21-22,24,29-32,52-53H2,1H3/p-1/b20-14+,47-39?/t35-,42+,51-/m1/s1. The van der Waals surface area contributed by atoms with E-state index in [0.29, 0.717) is 65.4 Å². The number of hydrogen-bond donors (Lipinski definition) is 4. The van der Waals surface area contributed by atoms with Crippen molar-refractivity contribution in [2.75, 3.05) is 12.4 Å². The summed E-state index contributed by atoms with van der Waals surface area (Å²) in [5.41, 5.74) is 20.4. The molecule has 61 heavy (non-hydrogen) atoms. The monoisotopic (exact) mass is 856 g/mol. The second kappa shape index (κ2) is 18.9. The molecule has 0 amide bonds. The Balaban J connectivity index is 1.15. The Kier molecular flexibility index (Phi) is 13.4. The lowest BCUT2D eigenvalue weighted by Crippen LogP contribution is -2.23. The van der Waals surface area contributed by atoms with Crippen molar-refractivity contribution < 1.29 is 24.9 Å². The number of aromatic hydroxyl groups is 2. The lowest BCUT2D eigenvalue weighted by molar-refractivity contribution is -0.307. The highest BCUT2D eigenvalue weighted by atomic mass is 33.1. The predicted octanol–water partition coefficient (Wildman–Crippen LogP) is 9.60. The zero-order valence-electron chi connectivity index (χ0n) is 35.2. The SMILES string of the molecule is CC1(CC[C@]23/C=C/C(=O)CCc4ccc(O)c(c4)OCCc4ccc(O)c(c4)[C@H]4CC([O-])=C5C=CN=C5CC#Cc5cc(C(N)N)c(cc54)CSSC[C@H](CC2)C3)CCCC1. The number of phenols is 2. The third-order valence-electron chi connectivity index (χ3n) is 13.8. The van der Waals surface area contributed by atoms with E-state index < -0.39 is 12.1 Å². The van der Waals surface area contributed by atoms with Crippen LogP contribution in [0.25, 0.3) is 0 Å². The molecule has 10 heteroatoms. The summed E-state index contributed by atoms with van der Waals surface area (Å²) in [6, 6.07) is 14.9. The molecule has 0 unspecified atom stereocenters. The number of carbonyl (C=O) groups is 1. The molecule has 3 atom stereocenters. The zero-order valence-corrected chi connectivity index (χ0v) is 36.9. The largest absolute Gasteiger partial charge is 0.875 e. The molecule has 2 heterocycles. The molecule has 8 bridgehead atoms. The molecule has 0 spiro atoms. The minimum Gasteiger partial charge on any atom is -0.875 e. The van der Waals surface area contributed by atoms with Crippen LogP contribution in [0.1, 0.15) is 135 Å². The van der Waals surface area contributed by atoms with Crippen LogP contribution in [0.5, 0.6) is 17.2 Å². The molecule has 2 fully saturated rings. The number of nitrogens with two attached hydrogens (primary N) is 2. The summed E-state index contributed by atoms with van der Waals surface area (Å²) in [4.78, 5) is 17.9. The highest BCUT2D eigenvalue weighted by molar-refractivity contribution is 8.76. The Bertz CT molecular complexity index is 2330. The first-order valence-electron chi connectivity index (χ1n) is 22.0. The van der Waals surface area contributed by atoms with Crippen molar-refractivity contribution in [1.82, 2.24) is 0 Å². The van der Waals surface area contributed by atoms with Crippen LogP contribution in [0.4, 0.5) is 0 Å². The molecule has 8 rings (SSSR count). The second-order valence-electron chi connectivity index (χ2n) is 18.3. The van der Waals surface area contributed by atoms with Crippen LogP contribution in [0.2, 0.25) is 0 Å². The first-order chi connectivity index (χ1) is 29.5. The summed E-state index contributed by atoms with van der Waals surface area (Å²) in [5, 5.41) is 36.4. The zero-order chi connectivity index (χ0) is 42.6. The predicted molar refractivity (Wildman–Crippen MR) is 246 cm³/mol. The van der Waals surface area contributed by atoms with E-state index in [4.69, 9.17) is 16.2 Å². The first kappa shape index (κ1) is 43.3. The Hall–Kier alpha value is -4.40. The Morgan fingerprint density at radius 1 is 0.951 bits per heavy atom. The summed E-state index contributed by atoms with van der Waals surface area (Å²) in [7, 11) is 3.68. The van der Waals surface area contributed by atoms with Gasteiger partial charge in [-0.25, -0.2) is 0 Å². The van der Waals surface area contributed by atoms with Gasteiger partial charge in [-0.05, 0) is 144 Å². The maximum Gasteiger partial charge on any atom is 0.161 e. The minimum atomic E-state index is -0.730. The minimum absolute atomic E-state index is 0.0185. The number of aliphatic imine (C=N–C) groups is 1. The van der Waals surface area contributed by atoms with Crippen molar-refractivity contribution in [1.29, 1.82) is 0 Å². The normalized spacial score (nSPS) is 24.8. The number of aryl methyl sites for hydroxylation is 1. The number of nitrogens with zero attached hydrogens (tertiary/aromatic N) is 1.